The van der Waals surface area contributed by atoms with E-state index in [4.69, 9.17) is 4.74 Å². The molecular weight excluding hydrogens is 171 g/mol. The summed E-state index contributed by atoms with van der Waals surface area (Å²) in [6.45, 7) is 0.830. The first-order chi connectivity index (χ1) is 6.91. The molecule has 0 amide bonds. The number of fused-ring (bicyclic) bond motifs is 2. The summed E-state index contributed by atoms with van der Waals surface area (Å²) < 4.78 is 6.05. The van der Waals surface area contributed by atoms with Crippen LogP contribution in [0.1, 0.15) is 24.0 Å². The summed E-state index contributed by atoms with van der Waals surface area (Å²) in [5, 5.41) is 0. The Hall–Kier alpha value is -0.755. The summed E-state index contributed by atoms with van der Waals surface area (Å²) in [6, 6.07) is 8.72. The zero-order valence-corrected chi connectivity index (χ0v) is 8.46. The second-order valence-corrected chi connectivity index (χ2v) is 4.50. The monoisotopic (exact) mass is 186 g/mol. The molecule has 1 fully saturated rings. The van der Waals surface area contributed by atoms with E-state index in [1.165, 1.54) is 43.9 Å². The van der Waals surface area contributed by atoms with E-state index < -0.39 is 0 Å². The minimum Gasteiger partial charge on any atom is -0.366 e. The molecule has 0 saturated carbocycles. The van der Waals surface area contributed by atoms with E-state index in [1.807, 2.05) is 0 Å². The molecule has 2 heteroatoms. The summed E-state index contributed by atoms with van der Waals surface area (Å²) in [4.78, 5) is 0. The van der Waals surface area contributed by atoms with Gasteiger partial charge >= 0.3 is 0 Å². The van der Waals surface area contributed by atoms with Crippen LogP contribution in [0.15, 0.2) is 24.3 Å². The van der Waals surface area contributed by atoms with Crippen molar-refractivity contribution in [3.05, 3.63) is 35.4 Å². The Bertz CT molecular complexity index is 336. The quantitative estimate of drug-likeness (QED) is 0.565. The van der Waals surface area contributed by atoms with E-state index >= 15 is 0 Å². The Balaban J connectivity index is 2.03. The highest BCUT2D eigenvalue weighted by Crippen LogP contribution is 2.45. The Labute approximate surface area is 85.7 Å². The lowest BCUT2D eigenvalue weighted by atomic mass is 9.59. The molecule has 0 aliphatic carbocycles. The molecule has 0 unspecified atom stereocenters. The third kappa shape index (κ3) is 1.14. The van der Waals surface area contributed by atoms with Crippen molar-refractivity contribution in [2.45, 2.75) is 37.7 Å². The molecular formula is C12H15BO. The molecule has 1 aromatic carbocycles. The molecule has 2 aliphatic rings. The van der Waals surface area contributed by atoms with Crippen molar-refractivity contribution < 1.29 is 4.74 Å². The maximum atomic E-state index is 6.05. The normalized spacial score (nSPS) is 23.1. The number of benzene rings is 1. The summed E-state index contributed by atoms with van der Waals surface area (Å²) in [5.74, 6) is 0. The number of hydrogen-bond acceptors (Lipinski definition) is 1. The smallest absolute Gasteiger partial charge is 0.120 e. The summed E-state index contributed by atoms with van der Waals surface area (Å²) in [5.41, 5.74) is 2.99. The van der Waals surface area contributed by atoms with Crippen LogP contribution in [0.3, 0.4) is 0 Å². The highest BCUT2D eigenvalue weighted by atomic mass is 16.5. The topological polar surface area (TPSA) is 9.23 Å². The standard InChI is InChI=1S/C12H15BO/c1-2-4-11-10(3-1)9-14-12(11)5-7-13-8-6-12/h1-4,13H,5-9H2. The highest BCUT2D eigenvalue weighted by Gasteiger charge is 2.40. The van der Waals surface area contributed by atoms with Gasteiger partial charge in [-0.3, -0.25) is 0 Å². The van der Waals surface area contributed by atoms with E-state index in [0.717, 1.165) is 6.61 Å². The first-order valence-corrected chi connectivity index (χ1v) is 5.63. The predicted molar refractivity (Wildman–Crippen MR) is 58.9 cm³/mol. The van der Waals surface area contributed by atoms with Gasteiger partial charge in [-0.1, -0.05) is 36.9 Å². The van der Waals surface area contributed by atoms with Crippen molar-refractivity contribution in [1.29, 1.82) is 0 Å². The molecule has 0 N–H and O–H groups in total. The van der Waals surface area contributed by atoms with E-state index in [0.29, 0.717) is 0 Å². The van der Waals surface area contributed by atoms with Crippen molar-refractivity contribution in [2.75, 3.05) is 0 Å². The molecule has 0 aromatic heterocycles. The predicted octanol–water partition coefficient (Wildman–Crippen LogP) is 2.48. The van der Waals surface area contributed by atoms with Crippen LogP contribution < -0.4 is 0 Å². The molecule has 0 atom stereocenters. The van der Waals surface area contributed by atoms with E-state index in [1.54, 1.807) is 0 Å². The molecule has 1 spiro atoms. The van der Waals surface area contributed by atoms with Crippen LogP contribution in [0.25, 0.3) is 0 Å². The van der Waals surface area contributed by atoms with Crippen molar-refractivity contribution in [3.63, 3.8) is 0 Å². The fourth-order valence-electron chi connectivity index (χ4n) is 2.92. The van der Waals surface area contributed by atoms with Gasteiger partial charge < -0.3 is 4.74 Å². The largest absolute Gasteiger partial charge is 0.366 e. The molecule has 3 rings (SSSR count). The average molecular weight is 186 g/mol. The van der Waals surface area contributed by atoms with Crippen LogP contribution >= 0.6 is 0 Å². The fourth-order valence-corrected chi connectivity index (χ4v) is 2.92. The minimum absolute atomic E-state index is 0.106. The van der Waals surface area contributed by atoms with E-state index in [2.05, 4.69) is 24.3 Å². The van der Waals surface area contributed by atoms with Crippen molar-refractivity contribution in [2.24, 2.45) is 0 Å². The Kier molecular flexibility index (Phi) is 1.91. The molecule has 14 heavy (non-hydrogen) atoms. The Morgan fingerprint density at radius 1 is 1.14 bits per heavy atom. The first-order valence-electron chi connectivity index (χ1n) is 5.63. The van der Waals surface area contributed by atoms with Crippen LogP contribution in [0, 0.1) is 0 Å². The minimum atomic E-state index is 0.106. The molecule has 1 aromatic rings. The molecule has 72 valence electrons. The van der Waals surface area contributed by atoms with Gasteiger partial charge in [-0.15, -0.1) is 0 Å². The van der Waals surface area contributed by atoms with Crippen LogP contribution in [-0.2, 0) is 16.9 Å². The molecule has 0 bridgehead atoms. The van der Waals surface area contributed by atoms with Crippen LogP contribution in [0.2, 0.25) is 12.6 Å². The van der Waals surface area contributed by atoms with Crippen molar-refractivity contribution in [3.8, 4) is 0 Å². The molecule has 1 nitrogen and oxygen atoms in total. The fraction of sp³-hybridized carbons (Fsp3) is 0.500. The summed E-state index contributed by atoms with van der Waals surface area (Å²) >= 11 is 0. The van der Waals surface area contributed by atoms with Gasteiger partial charge in [-0.25, -0.2) is 0 Å². The highest BCUT2D eigenvalue weighted by molar-refractivity contribution is 6.35. The van der Waals surface area contributed by atoms with Gasteiger partial charge in [-0.05, 0) is 24.0 Å². The molecule has 2 aliphatic heterocycles. The lowest BCUT2D eigenvalue weighted by Crippen LogP contribution is -2.29. The lowest BCUT2D eigenvalue weighted by molar-refractivity contribution is -0.0466. The van der Waals surface area contributed by atoms with Gasteiger partial charge in [0.1, 0.15) is 7.28 Å². The van der Waals surface area contributed by atoms with Gasteiger partial charge in [0.25, 0.3) is 0 Å². The van der Waals surface area contributed by atoms with Crippen LogP contribution in [0.5, 0.6) is 0 Å². The van der Waals surface area contributed by atoms with Gasteiger partial charge in [0.05, 0.1) is 12.2 Å². The second kappa shape index (κ2) is 3.13. The van der Waals surface area contributed by atoms with E-state index in [9.17, 15) is 0 Å². The number of rotatable bonds is 0. The van der Waals surface area contributed by atoms with Gasteiger partial charge in [-0.2, -0.15) is 0 Å². The summed E-state index contributed by atoms with van der Waals surface area (Å²) in [7, 11) is 1.38. The SMILES string of the molecule is B1CCC2(CC1)OCc1ccccc12. The van der Waals surface area contributed by atoms with Gasteiger partial charge in [0, 0.05) is 0 Å². The third-order valence-corrected chi connectivity index (χ3v) is 3.67. The zero-order valence-electron chi connectivity index (χ0n) is 8.46. The molecule has 0 radical (unpaired) electrons. The maximum Gasteiger partial charge on any atom is 0.120 e. The van der Waals surface area contributed by atoms with E-state index in [-0.39, 0.29) is 5.60 Å². The molecule has 1 saturated heterocycles. The maximum absolute atomic E-state index is 6.05. The Morgan fingerprint density at radius 3 is 2.79 bits per heavy atom. The second-order valence-electron chi connectivity index (χ2n) is 4.50. The van der Waals surface area contributed by atoms with Crippen molar-refractivity contribution >= 4 is 7.28 Å². The van der Waals surface area contributed by atoms with Gasteiger partial charge in [0.2, 0.25) is 0 Å². The lowest BCUT2D eigenvalue weighted by Gasteiger charge is -2.33. The van der Waals surface area contributed by atoms with Gasteiger partial charge in [0.15, 0.2) is 0 Å². The van der Waals surface area contributed by atoms with Crippen LogP contribution in [0.4, 0.5) is 0 Å². The average Bonchev–Trinajstić information content (AvgIpc) is 2.60. The molecule has 2 heterocycles. The Morgan fingerprint density at radius 2 is 1.93 bits per heavy atom. The van der Waals surface area contributed by atoms with Crippen LogP contribution in [-0.4, -0.2) is 7.28 Å². The first kappa shape index (κ1) is 8.54. The van der Waals surface area contributed by atoms with Crippen molar-refractivity contribution in [1.82, 2.24) is 0 Å². The third-order valence-electron chi connectivity index (χ3n) is 3.67. The number of hydrogen-bond donors (Lipinski definition) is 0. The zero-order chi connectivity index (χ0) is 9.43. The number of ether oxygens (including phenoxy) is 1. The summed E-state index contributed by atoms with van der Waals surface area (Å²) in [6.07, 6.45) is 5.11.